The molecule has 0 amide bonds. The third-order valence-electron chi connectivity index (χ3n) is 3.96. The highest BCUT2D eigenvalue weighted by molar-refractivity contribution is 7.99. The van der Waals surface area contributed by atoms with E-state index in [0.29, 0.717) is 5.69 Å². The summed E-state index contributed by atoms with van der Waals surface area (Å²) in [6, 6.07) is 14.4. The van der Waals surface area contributed by atoms with Gasteiger partial charge in [-0.3, -0.25) is 9.78 Å². The van der Waals surface area contributed by atoms with Crippen molar-refractivity contribution in [2.24, 2.45) is 5.10 Å². The molecular formula is C18H16N6OS. The Kier molecular flexibility index (Phi) is 4.18. The Bertz CT molecular complexity index is 1080. The Morgan fingerprint density at radius 1 is 1.12 bits per heavy atom. The second-order valence-electron chi connectivity index (χ2n) is 5.83. The molecule has 0 fully saturated rings. The number of fused-ring (bicyclic) bond motifs is 2. The van der Waals surface area contributed by atoms with E-state index in [-0.39, 0.29) is 11.5 Å². The summed E-state index contributed by atoms with van der Waals surface area (Å²) in [7, 11) is 0. The first-order valence-electron chi connectivity index (χ1n) is 8.02. The lowest BCUT2D eigenvalue weighted by Gasteiger charge is -2.21. The average Bonchev–Trinajstić information content (AvgIpc) is 2.66. The molecule has 8 heteroatoms. The smallest absolute Gasteiger partial charge is 0.274 e. The van der Waals surface area contributed by atoms with Gasteiger partial charge in [0.25, 0.3) is 5.56 Å². The molecule has 0 unspecified atom stereocenters. The maximum atomic E-state index is 11.6. The molecule has 0 radical (unpaired) electrons. The SMILES string of the molecule is C/C(=N/Nc1nnc(C)c(=O)[nH]1)c1ccc2c(c1)Nc1ccccc1S2. The topological polar surface area (TPSA) is 95.1 Å². The fourth-order valence-corrected chi connectivity index (χ4v) is 3.48. The molecule has 1 aromatic heterocycles. The maximum absolute atomic E-state index is 11.6. The average molecular weight is 364 g/mol. The first-order chi connectivity index (χ1) is 12.6. The minimum atomic E-state index is -0.288. The summed E-state index contributed by atoms with van der Waals surface area (Å²) in [6.07, 6.45) is 0. The summed E-state index contributed by atoms with van der Waals surface area (Å²) in [5.41, 5.74) is 6.64. The van der Waals surface area contributed by atoms with Crippen molar-refractivity contribution in [3.05, 3.63) is 64.1 Å². The van der Waals surface area contributed by atoms with Gasteiger partial charge in [0.15, 0.2) is 0 Å². The van der Waals surface area contributed by atoms with Crippen molar-refractivity contribution in [2.45, 2.75) is 23.6 Å². The number of nitrogens with one attached hydrogen (secondary N) is 3. The standard InChI is InChI=1S/C18H16N6OS/c1-10(21-23-18-20-17(25)11(2)22-24-18)12-7-8-16-14(9-12)19-13-5-3-4-6-15(13)26-16/h3-9,19H,1-2H3,(H2,20,23,24,25)/b21-10-. The number of nitrogens with zero attached hydrogens (tertiary/aromatic N) is 3. The molecule has 26 heavy (non-hydrogen) atoms. The van der Waals surface area contributed by atoms with Crippen LogP contribution in [-0.2, 0) is 0 Å². The Morgan fingerprint density at radius 3 is 2.77 bits per heavy atom. The summed E-state index contributed by atoms with van der Waals surface area (Å²) in [4.78, 5) is 16.5. The number of aromatic amines is 1. The van der Waals surface area contributed by atoms with Gasteiger partial charge < -0.3 is 5.32 Å². The van der Waals surface area contributed by atoms with Gasteiger partial charge in [0.2, 0.25) is 5.95 Å². The van der Waals surface area contributed by atoms with Crippen molar-refractivity contribution < 1.29 is 0 Å². The summed E-state index contributed by atoms with van der Waals surface area (Å²) in [5, 5.41) is 15.4. The quantitative estimate of drug-likeness (QED) is 0.380. The van der Waals surface area contributed by atoms with Crippen molar-refractivity contribution >= 4 is 34.8 Å². The van der Waals surface area contributed by atoms with Gasteiger partial charge in [0.1, 0.15) is 5.69 Å². The zero-order chi connectivity index (χ0) is 18.1. The van der Waals surface area contributed by atoms with E-state index in [1.54, 1.807) is 18.7 Å². The lowest BCUT2D eigenvalue weighted by molar-refractivity contribution is 0.897. The van der Waals surface area contributed by atoms with Crippen molar-refractivity contribution in [3.63, 3.8) is 0 Å². The minimum Gasteiger partial charge on any atom is -0.354 e. The molecule has 2 heterocycles. The van der Waals surface area contributed by atoms with E-state index in [1.807, 2.05) is 25.1 Å². The van der Waals surface area contributed by atoms with Gasteiger partial charge in [-0.25, -0.2) is 5.43 Å². The van der Waals surface area contributed by atoms with E-state index in [0.717, 1.165) is 22.6 Å². The fourth-order valence-electron chi connectivity index (χ4n) is 2.51. The summed E-state index contributed by atoms with van der Waals surface area (Å²) >= 11 is 1.74. The lowest BCUT2D eigenvalue weighted by Crippen LogP contribution is -2.16. The van der Waals surface area contributed by atoms with Crippen LogP contribution in [0.3, 0.4) is 0 Å². The van der Waals surface area contributed by atoms with Crippen LogP contribution in [0.2, 0.25) is 0 Å². The van der Waals surface area contributed by atoms with Crippen LogP contribution in [0.15, 0.2) is 62.2 Å². The van der Waals surface area contributed by atoms with Crippen LogP contribution in [-0.4, -0.2) is 20.9 Å². The molecule has 130 valence electrons. The normalized spacial score (nSPS) is 12.8. The van der Waals surface area contributed by atoms with Crippen LogP contribution < -0.4 is 16.3 Å². The number of anilines is 3. The highest BCUT2D eigenvalue weighted by atomic mass is 32.2. The van der Waals surface area contributed by atoms with E-state index >= 15 is 0 Å². The molecule has 0 atom stereocenters. The number of hydrogen-bond donors (Lipinski definition) is 3. The van der Waals surface area contributed by atoms with Gasteiger partial charge in [-0.05, 0) is 43.7 Å². The molecule has 1 aliphatic rings. The van der Waals surface area contributed by atoms with Crippen molar-refractivity contribution in [1.29, 1.82) is 0 Å². The zero-order valence-corrected chi connectivity index (χ0v) is 15.0. The van der Waals surface area contributed by atoms with Crippen LogP contribution in [0.5, 0.6) is 0 Å². The number of hydrogen-bond acceptors (Lipinski definition) is 7. The fraction of sp³-hybridized carbons (Fsp3) is 0.111. The van der Waals surface area contributed by atoms with E-state index in [9.17, 15) is 4.79 Å². The predicted octanol–water partition coefficient (Wildman–Crippen LogP) is 3.52. The highest BCUT2D eigenvalue weighted by Crippen LogP contribution is 2.44. The van der Waals surface area contributed by atoms with Crippen molar-refractivity contribution in [3.8, 4) is 0 Å². The Labute approximate surface area is 154 Å². The van der Waals surface area contributed by atoms with Gasteiger partial charge in [-0.1, -0.05) is 30.0 Å². The number of benzene rings is 2. The molecular weight excluding hydrogens is 348 g/mol. The molecule has 0 bridgehead atoms. The summed E-state index contributed by atoms with van der Waals surface area (Å²) in [5.74, 6) is 0.209. The number of aryl methyl sites for hydroxylation is 1. The number of H-pyrrole nitrogens is 1. The summed E-state index contributed by atoms with van der Waals surface area (Å²) in [6.45, 7) is 3.48. The van der Waals surface area contributed by atoms with E-state index < -0.39 is 0 Å². The van der Waals surface area contributed by atoms with E-state index in [2.05, 4.69) is 55.3 Å². The predicted molar refractivity (Wildman–Crippen MR) is 104 cm³/mol. The van der Waals surface area contributed by atoms with E-state index in [4.69, 9.17) is 0 Å². The molecule has 3 N–H and O–H groups in total. The van der Waals surface area contributed by atoms with Crippen LogP contribution in [0.25, 0.3) is 0 Å². The molecule has 0 spiro atoms. The molecule has 2 aromatic carbocycles. The number of aromatic nitrogens is 3. The number of para-hydroxylation sites is 1. The van der Waals surface area contributed by atoms with Gasteiger partial charge in [-0.15, -0.1) is 10.2 Å². The van der Waals surface area contributed by atoms with E-state index in [1.165, 1.54) is 9.79 Å². The van der Waals surface area contributed by atoms with Gasteiger partial charge in [0.05, 0.1) is 17.1 Å². The Morgan fingerprint density at radius 2 is 1.92 bits per heavy atom. The molecule has 3 aromatic rings. The lowest BCUT2D eigenvalue weighted by atomic mass is 10.1. The molecule has 7 nitrogen and oxygen atoms in total. The second-order valence-corrected chi connectivity index (χ2v) is 6.92. The largest absolute Gasteiger partial charge is 0.354 e. The Hall–Kier alpha value is -3.13. The Balaban J connectivity index is 1.57. The van der Waals surface area contributed by atoms with Gasteiger partial charge in [0, 0.05) is 9.79 Å². The first-order valence-corrected chi connectivity index (χ1v) is 8.84. The van der Waals surface area contributed by atoms with Gasteiger partial charge in [-0.2, -0.15) is 5.10 Å². The van der Waals surface area contributed by atoms with Gasteiger partial charge >= 0.3 is 0 Å². The second kappa shape index (κ2) is 6.64. The van der Waals surface area contributed by atoms with Crippen LogP contribution in [0.1, 0.15) is 18.2 Å². The highest BCUT2D eigenvalue weighted by Gasteiger charge is 2.15. The molecule has 0 saturated heterocycles. The minimum absolute atomic E-state index is 0.209. The van der Waals surface area contributed by atoms with Crippen LogP contribution >= 0.6 is 11.8 Å². The molecule has 4 rings (SSSR count). The number of hydrazone groups is 1. The summed E-state index contributed by atoms with van der Waals surface area (Å²) < 4.78 is 0. The zero-order valence-electron chi connectivity index (χ0n) is 14.2. The third-order valence-corrected chi connectivity index (χ3v) is 5.12. The molecule has 0 saturated carbocycles. The first kappa shape index (κ1) is 16.3. The van der Waals surface area contributed by atoms with Crippen LogP contribution in [0, 0.1) is 6.92 Å². The third kappa shape index (κ3) is 3.18. The van der Waals surface area contributed by atoms with Crippen molar-refractivity contribution in [2.75, 3.05) is 10.7 Å². The van der Waals surface area contributed by atoms with Crippen LogP contribution in [0.4, 0.5) is 17.3 Å². The molecule has 1 aliphatic heterocycles. The number of rotatable bonds is 3. The monoisotopic (exact) mass is 364 g/mol. The van der Waals surface area contributed by atoms with Crippen molar-refractivity contribution in [1.82, 2.24) is 15.2 Å². The molecule has 0 aliphatic carbocycles. The maximum Gasteiger partial charge on any atom is 0.274 e.